The van der Waals surface area contributed by atoms with Gasteiger partial charge in [-0.2, -0.15) is 0 Å². The predicted molar refractivity (Wildman–Crippen MR) is 131 cm³/mol. The minimum atomic E-state index is -1.61. The number of para-hydroxylation sites is 1. The van der Waals surface area contributed by atoms with Gasteiger partial charge in [-0.3, -0.25) is 9.59 Å². The molecule has 13 heteroatoms. The van der Waals surface area contributed by atoms with Crippen LogP contribution in [0.15, 0.2) is 24.3 Å². The molecule has 4 saturated heterocycles. The van der Waals surface area contributed by atoms with Gasteiger partial charge in [0.05, 0.1) is 5.56 Å². The summed E-state index contributed by atoms with van der Waals surface area (Å²) in [6, 6.07) is 2.67. The van der Waals surface area contributed by atoms with E-state index in [1.807, 2.05) is 0 Å². The number of phenolic OH excluding ortho intramolecular Hbond substituents is 1. The molecule has 0 aromatic heterocycles. The van der Waals surface area contributed by atoms with E-state index in [9.17, 15) is 24.3 Å². The Morgan fingerprint density at radius 3 is 1.72 bits per heavy atom. The minimum Gasteiger partial charge on any atom is -0.507 e. The number of rotatable bonds is 5. The highest BCUT2D eigenvalue weighted by molar-refractivity contribution is 8.02. The second kappa shape index (κ2) is 8.27. The average molecular weight is 537 g/mol. The Balaban J connectivity index is 1.41. The van der Waals surface area contributed by atoms with E-state index < -0.39 is 51.9 Å². The summed E-state index contributed by atoms with van der Waals surface area (Å²) >= 11 is 2.80. The van der Waals surface area contributed by atoms with Crippen molar-refractivity contribution in [3.63, 3.8) is 0 Å². The zero-order valence-corrected chi connectivity index (χ0v) is 21.7. The third-order valence-electron chi connectivity index (χ3n) is 7.05. The SMILES string of the molecule is CC1(C)S[C@@H]2[C@H](N)C(=O)N2[C@H]1C(=O)OC(OC(=O)[C@@H]1N2C(=O)[C@@H](N)[C@H]2SC1(C)C)c1ccccc1O. The number of nitrogens with two attached hydrogens (primary N) is 2. The van der Waals surface area contributed by atoms with Crippen LogP contribution in [0, 0.1) is 0 Å². The summed E-state index contributed by atoms with van der Waals surface area (Å²) in [5.41, 5.74) is 11.9. The molecule has 6 atom stereocenters. The fourth-order valence-corrected chi connectivity index (χ4v) is 8.35. The molecule has 4 heterocycles. The first-order valence-corrected chi connectivity index (χ1v) is 13.2. The number of hydrogen-bond acceptors (Lipinski definition) is 11. The van der Waals surface area contributed by atoms with Gasteiger partial charge in [-0.05, 0) is 39.8 Å². The third-order valence-corrected chi connectivity index (χ3v) is 10.2. The molecule has 4 fully saturated rings. The molecule has 0 unspecified atom stereocenters. The maximum atomic E-state index is 13.4. The van der Waals surface area contributed by atoms with Crippen LogP contribution in [-0.4, -0.2) is 83.1 Å². The molecule has 194 valence electrons. The van der Waals surface area contributed by atoms with Gasteiger partial charge in [0.15, 0.2) is 0 Å². The number of esters is 2. The highest BCUT2D eigenvalue weighted by Crippen LogP contribution is 2.52. The van der Waals surface area contributed by atoms with Crippen molar-refractivity contribution in [2.75, 3.05) is 0 Å². The lowest BCUT2D eigenvalue weighted by molar-refractivity contribution is -0.201. The van der Waals surface area contributed by atoms with E-state index in [-0.39, 0.29) is 33.9 Å². The van der Waals surface area contributed by atoms with Crippen molar-refractivity contribution in [1.82, 2.24) is 9.80 Å². The van der Waals surface area contributed by atoms with Crippen LogP contribution < -0.4 is 11.5 Å². The predicted octanol–water partition coefficient (Wildman–Crippen LogP) is 0.256. The second-order valence-corrected chi connectivity index (χ2v) is 13.9. The summed E-state index contributed by atoms with van der Waals surface area (Å²) in [4.78, 5) is 54.5. The smallest absolute Gasteiger partial charge is 0.333 e. The summed E-state index contributed by atoms with van der Waals surface area (Å²) < 4.78 is 9.93. The topological polar surface area (TPSA) is 165 Å². The number of fused-ring (bicyclic) bond motifs is 2. The van der Waals surface area contributed by atoms with Gasteiger partial charge < -0.3 is 35.8 Å². The lowest BCUT2D eigenvalue weighted by Crippen LogP contribution is -2.69. The van der Waals surface area contributed by atoms with Crippen LogP contribution in [0.4, 0.5) is 0 Å². The fraction of sp³-hybridized carbons (Fsp3) is 0.565. The summed E-state index contributed by atoms with van der Waals surface area (Å²) in [5.74, 6) is -2.56. The number of phenols is 1. The van der Waals surface area contributed by atoms with E-state index in [0.29, 0.717) is 0 Å². The maximum Gasteiger partial charge on any atom is 0.333 e. The van der Waals surface area contributed by atoms with Crippen LogP contribution in [0.2, 0.25) is 0 Å². The van der Waals surface area contributed by atoms with Crippen LogP contribution in [-0.2, 0) is 28.7 Å². The first-order valence-electron chi connectivity index (χ1n) is 11.5. The summed E-state index contributed by atoms with van der Waals surface area (Å²) in [5, 5.41) is 9.74. The summed E-state index contributed by atoms with van der Waals surface area (Å²) in [6.07, 6.45) is -1.61. The molecule has 0 saturated carbocycles. The molecule has 0 spiro atoms. The van der Waals surface area contributed by atoms with Crippen molar-refractivity contribution in [2.24, 2.45) is 11.5 Å². The summed E-state index contributed by atoms with van der Waals surface area (Å²) in [7, 11) is 0. The lowest BCUT2D eigenvalue weighted by Gasteiger charge is -2.42. The molecule has 5 N–H and O–H groups in total. The maximum absolute atomic E-state index is 13.4. The molecular weight excluding hydrogens is 508 g/mol. The quantitative estimate of drug-likeness (QED) is 0.268. The minimum absolute atomic E-state index is 0.0532. The number of carbonyl (C=O) groups is 4. The van der Waals surface area contributed by atoms with Crippen molar-refractivity contribution < 1.29 is 33.8 Å². The molecule has 1 aromatic rings. The van der Waals surface area contributed by atoms with Crippen molar-refractivity contribution in [2.45, 2.75) is 78.4 Å². The Kier molecular flexibility index (Phi) is 5.78. The van der Waals surface area contributed by atoms with Crippen LogP contribution in [0.3, 0.4) is 0 Å². The van der Waals surface area contributed by atoms with Gasteiger partial charge in [0, 0.05) is 9.49 Å². The molecule has 5 rings (SSSR count). The Labute approximate surface area is 216 Å². The number of benzene rings is 1. The van der Waals surface area contributed by atoms with Gasteiger partial charge >= 0.3 is 11.9 Å². The van der Waals surface area contributed by atoms with E-state index >= 15 is 0 Å². The number of thioether (sulfide) groups is 2. The zero-order chi connectivity index (χ0) is 26.3. The molecule has 4 aliphatic rings. The molecule has 0 aliphatic carbocycles. The van der Waals surface area contributed by atoms with Crippen molar-refractivity contribution >= 4 is 47.3 Å². The molecule has 1 aromatic carbocycles. The van der Waals surface area contributed by atoms with E-state index in [0.717, 1.165) is 0 Å². The van der Waals surface area contributed by atoms with Gasteiger partial charge in [0.25, 0.3) is 6.29 Å². The monoisotopic (exact) mass is 536 g/mol. The molecule has 36 heavy (non-hydrogen) atoms. The standard InChI is InChI=1S/C23H28N4O7S2/c1-22(2)13(26-15(29)11(24)17(26)35-22)19(31)33-21(9-7-5-6-8-10(9)28)34-20(32)14-23(3,4)36-18-12(25)16(30)27(14)18/h5-8,11-14,17-18,21,28H,24-25H2,1-4H3/t11-,12-,13+,14+,17-,18-/m1/s1. The Hall–Kier alpha value is -2.48. The first-order chi connectivity index (χ1) is 16.8. The summed E-state index contributed by atoms with van der Waals surface area (Å²) in [6.45, 7) is 7.22. The number of aromatic hydroxyl groups is 1. The van der Waals surface area contributed by atoms with Crippen LogP contribution in [0.1, 0.15) is 39.5 Å². The Morgan fingerprint density at radius 2 is 1.31 bits per heavy atom. The lowest BCUT2D eigenvalue weighted by atomic mass is 9.96. The van der Waals surface area contributed by atoms with Crippen LogP contribution >= 0.6 is 23.5 Å². The van der Waals surface area contributed by atoms with Crippen molar-refractivity contribution in [3.8, 4) is 5.75 Å². The fourth-order valence-electron chi connectivity index (χ4n) is 5.22. The Bertz CT molecular complexity index is 1100. The number of amides is 2. The number of β-lactam (4-membered cyclic amide) rings is 2. The van der Waals surface area contributed by atoms with Crippen molar-refractivity contribution in [3.05, 3.63) is 29.8 Å². The van der Waals surface area contributed by atoms with Gasteiger partial charge in [-0.15, -0.1) is 23.5 Å². The molecule has 0 bridgehead atoms. The molecule has 4 aliphatic heterocycles. The zero-order valence-electron chi connectivity index (χ0n) is 20.1. The van der Waals surface area contributed by atoms with Crippen molar-refractivity contribution in [1.29, 1.82) is 0 Å². The third kappa shape index (κ3) is 3.58. The molecule has 2 amide bonds. The number of hydrogen-bond donors (Lipinski definition) is 3. The Morgan fingerprint density at radius 1 is 0.889 bits per heavy atom. The largest absolute Gasteiger partial charge is 0.507 e. The molecular formula is C23H28N4O7S2. The average Bonchev–Trinajstić information content (AvgIpc) is 3.23. The second-order valence-electron chi connectivity index (χ2n) is 10.3. The van der Waals surface area contributed by atoms with E-state index in [1.54, 1.807) is 39.8 Å². The number of nitrogens with zero attached hydrogens (tertiary/aromatic N) is 2. The van der Waals surface area contributed by atoms with Crippen LogP contribution in [0.25, 0.3) is 0 Å². The first kappa shape index (κ1) is 25.2. The number of carbonyl (C=O) groups excluding carboxylic acids is 4. The normalized spacial score (nSPS) is 33.5. The van der Waals surface area contributed by atoms with E-state index in [1.165, 1.54) is 45.5 Å². The highest BCUT2D eigenvalue weighted by atomic mass is 32.2. The molecule has 0 radical (unpaired) electrons. The van der Waals surface area contributed by atoms with E-state index in [4.69, 9.17) is 20.9 Å². The van der Waals surface area contributed by atoms with Gasteiger partial charge in [-0.25, -0.2) is 9.59 Å². The number of ether oxygens (including phenoxy) is 2. The van der Waals surface area contributed by atoms with E-state index in [2.05, 4.69) is 0 Å². The highest BCUT2D eigenvalue weighted by Gasteiger charge is 2.65. The van der Waals surface area contributed by atoms with Crippen LogP contribution in [0.5, 0.6) is 5.75 Å². The van der Waals surface area contributed by atoms with Gasteiger partial charge in [0.1, 0.15) is 40.7 Å². The van der Waals surface area contributed by atoms with Gasteiger partial charge in [-0.1, -0.05) is 12.1 Å². The van der Waals surface area contributed by atoms with Gasteiger partial charge in [0.2, 0.25) is 11.8 Å². The molecule has 11 nitrogen and oxygen atoms in total.